The minimum Gasteiger partial charge on any atom is -0.497 e. The maximum absolute atomic E-state index is 14.0. The van der Waals surface area contributed by atoms with Crippen LogP contribution in [-0.4, -0.2) is 68.9 Å². The summed E-state index contributed by atoms with van der Waals surface area (Å²) in [4.78, 5) is 43.3. The van der Waals surface area contributed by atoms with E-state index in [1.807, 2.05) is 30.3 Å². The van der Waals surface area contributed by atoms with Crippen molar-refractivity contribution in [2.24, 2.45) is 11.8 Å². The summed E-state index contributed by atoms with van der Waals surface area (Å²) in [7, 11) is 1.58. The maximum atomic E-state index is 14.0. The summed E-state index contributed by atoms with van der Waals surface area (Å²) in [6, 6.07) is 15.6. The molecule has 38 heavy (non-hydrogen) atoms. The summed E-state index contributed by atoms with van der Waals surface area (Å²) in [5.74, 6) is -1.02. The number of carbonyl (C=O) groups excluding carboxylic acids is 3. The molecule has 3 heterocycles. The number of thioether (sulfide) groups is 1. The van der Waals surface area contributed by atoms with Crippen molar-refractivity contribution in [1.82, 2.24) is 4.90 Å². The fourth-order valence-corrected chi connectivity index (χ4v) is 9.79. The van der Waals surface area contributed by atoms with Gasteiger partial charge in [0.1, 0.15) is 11.8 Å². The number of hydrogen-bond acceptors (Lipinski definition) is 6. The molecule has 2 aromatic rings. The quantitative estimate of drug-likeness (QED) is 0.281. The molecule has 3 aliphatic heterocycles. The Kier molecular flexibility index (Phi) is 8.02. The number of benzene rings is 2. The molecule has 3 N–H and O–H groups in total. The van der Waals surface area contributed by atoms with Gasteiger partial charge in [-0.3, -0.25) is 14.4 Å². The first-order valence-electron chi connectivity index (χ1n) is 12.9. The van der Waals surface area contributed by atoms with E-state index in [0.29, 0.717) is 42.9 Å². The molecule has 3 saturated heterocycles. The minimum atomic E-state index is -0.708. The zero-order valence-corrected chi connectivity index (χ0v) is 23.5. The number of hydrogen-bond donors (Lipinski definition) is 3. The summed E-state index contributed by atoms with van der Waals surface area (Å²) in [5, 5.41) is 15.1. The highest BCUT2D eigenvalue weighted by molar-refractivity contribution is 9.09. The highest BCUT2D eigenvalue weighted by atomic mass is 79.9. The highest BCUT2D eigenvalue weighted by Gasteiger charge is 2.75. The molecule has 0 aliphatic carbocycles. The second kappa shape index (κ2) is 11.3. The lowest BCUT2D eigenvalue weighted by Crippen LogP contribution is -2.52. The molecule has 0 radical (unpaired) electrons. The predicted molar refractivity (Wildman–Crippen MR) is 152 cm³/mol. The Morgan fingerprint density at radius 2 is 1.74 bits per heavy atom. The number of likely N-dealkylation sites (tertiary alicyclic amines) is 1. The molecule has 3 aliphatic rings. The summed E-state index contributed by atoms with van der Waals surface area (Å²) in [6.07, 6.45) is 2.69. The number of rotatable bonds is 10. The third-order valence-corrected chi connectivity index (χ3v) is 11.0. The average molecular weight is 603 g/mol. The average Bonchev–Trinajstić information content (AvgIpc) is 3.51. The van der Waals surface area contributed by atoms with Crippen LogP contribution in [-0.2, 0) is 14.4 Å². The molecular weight excluding hydrogens is 570 g/mol. The predicted octanol–water partition coefficient (Wildman–Crippen LogP) is 3.90. The van der Waals surface area contributed by atoms with Crippen molar-refractivity contribution < 1.29 is 24.2 Å². The number of ether oxygens (including phenoxy) is 1. The maximum Gasteiger partial charge on any atom is 0.248 e. The second-order valence-electron chi connectivity index (χ2n) is 10.1. The van der Waals surface area contributed by atoms with Crippen molar-refractivity contribution in [2.45, 2.75) is 46.5 Å². The molecule has 202 valence electrons. The number of carbonyl (C=O) groups is 3. The van der Waals surface area contributed by atoms with E-state index in [0.717, 1.165) is 6.42 Å². The van der Waals surface area contributed by atoms with Gasteiger partial charge in [-0.1, -0.05) is 34.1 Å². The Balaban J connectivity index is 1.45. The number of halogens is 1. The first kappa shape index (κ1) is 27.0. The number of methoxy groups -OCH3 is 1. The minimum absolute atomic E-state index is 0.00805. The van der Waals surface area contributed by atoms with E-state index in [4.69, 9.17) is 4.74 Å². The van der Waals surface area contributed by atoms with Crippen LogP contribution >= 0.6 is 27.7 Å². The zero-order valence-electron chi connectivity index (χ0n) is 21.1. The molecule has 6 atom stereocenters. The number of amides is 3. The summed E-state index contributed by atoms with van der Waals surface area (Å²) in [6.45, 7) is 0.495. The summed E-state index contributed by atoms with van der Waals surface area (Å²) in [5.41, 5.74) is 1.31. The summed E-state index contributed by atoms with van der Waals surface area (Å²) < 4.78 is 4.52. The SMILES string of the molecule is COc1ccc(NC(=O)C2N(CCCCCO)C(=O)[C@@H]3[C@H](C(=O)Nc4ccccc4)[C@H]4SC23CC4Br)cc1. The molecule has 8 nitrogen and oxygen atoms in total. The van der Waals surface area contributed by atoms with Crippen molar-refractivity contribution >= 4 is 56.8 Å². The van der Waals surface area contributed by atoms with Crippen LogP contribution in [0.15, 0.2) is 54.6 Å². The Labute approximate surface area is 235 Å². The van der Waals surface area contributed by atoms with Crippen LogP contribution in [0.3, 0.4) is 0 Å². The molecule has 2 aromatic carbocycles. The van der Waals surface area contributed by atoms with Gasteiger partial charge < -0.3 is 25.4 Å². The van der Waals surface area contributed by atoms with E-state index in [9.17, 15) is 19.5 Å². The van der Waals surface area contributed by atoms with Gasteiger partial charge >= 0.3 is 0 Å². The first-order valence-corrected chi connectivity index (χ1v) is 14.7. The number of nitrogens with zero attached hydrogens (tertiary/aromatic N) is 1. The monoisotopic (exact) mass is 601 g/mol. The van der Waals surface area contributed by atoms with E-state index < -0.39 is 22.6 Å². The normalized spacial score (nSPS) is 29.3. The van der Waals surface area contributed by atoms with Gasteiger partial charge in [0, 0.05) is 34.6 Å². The second-order valence-corrected chi connectivity index (χ2v) is 12.8. The molecule has 3 fully saturated rings. The smallest absolute Gasteiger partial charge is 0.248 e. The Morgan fingerprint density at radius 3 is 2.42 bits per heavy atom. The van der Waals surface area contributed by atoms with Crippen LogP contribution < -0.4 is 15.4 Å². The number of aliphatic hydroxyl groups is 1. The number of nitrogens with one attached hydrogen (secondary N) is 2. The fourth-order valence-electron chi connectivity index (χ4n) is 6.17. The molecule has 1 spiro atoms. The third-order valence-electron chi connectivity index (χ3n) is 7.80. The summed E-state index contributed by atoms with van der Waals surface area (Å²) >= 11 is 5.41. The van der Waals surface area contributed by atoms with E-state index in [2.05, 4.69) is 26.6 Å². The standard InChI is InChI=1S/C28H32BrN3O5S/c1-37-19-12-10-18(11-13-19)31-26(35)24-28-16-20(29)23(38-28)21(25(34)30-17-8-4-2-5-9-17)22(28)27(36)32(24)14-6-3-7-15-33/h2,4-5,8-13,20-24,33H,3,6-7,14-16H2,1H3,(H,30,34)(H,31,35)/t20?,21-,22-,23-,24?,28?/m0/s1. The van der Waals surface area contributed by atoms with Gasteiger partial charge in [-0.25, -0.2) is 0 Å². The number of alkyl halides is 1. The van der Waals surface area contributed by atoms with Crippen molar-refractivity contribution in [1.29, 1.82) is 0 Å². The van der Waals surface area contributed by atoms with Crippen molar-refractivity contribution in [3.05, 3.63) is 54.6 Å². The lowest BCUT2D eigenvalue weighted by atomic mass is 9.70. The van der Waals surface area contributed by atoms with Gasteiger partial charge in [0.05, 0.1) is 23.7 Å². The number of para-hydroxylation sites is 1. The lowest BCUT2D eigenvalue weighted by molar-refractivity contribution is -0.138. The molecule has 10 heteroatoms. The van der Waals surface area contributed by atoms with Gasteiger partial charge in [0.2, 0.25) is 17.7 Å². The van der Waals surface area contributed by atoms with Gasteiger partial charge in [-0.15, -0.1) is 11.8 Å². The number of fused-ring (bicyclic) bond motifs is 1. The van der Waals surface area contributed by atoms with Gasteiger partial charge in [0.15, 0.2) is 0 Å². The molecule has 0 aromatic heterocycles. The van der Waals surface area contributed by atoms with Crippen molar-refractivity contribution in [3.63, 3.8) is 0 Å². The van der Waals surface area contributed by atoms with Crippen molar-refractivity contribution in [3.8, 4) is 5.75 Å². The van der Waals surface area contributed by atoms with Crippen LogP contribution in [0, 0.1) is 11.8 Å². The largest absolute Gasteiger partial charge is 0.497 e. The lowest BCUT2D eigenvalue weighted by Gasteiger charge is -2.35. The van der Waals surface area contributed by atoms with E-state index in [-0.39, 0.29) is 34.4 Å². The van der Waals surface area contributed by atoms with Gasteiger partial charge in [-0.2, -0.15) is 0 Å². The van der Waals surface area contributed by atoms with E-state index >= 15 is 0 Å². The molecule has 0 saturated carbocycles. The van der Waals surface area contributed by atoms with Crippen LogP contribution in [0.2, 0.25) is 0 Å². The van der Waals surface area contributed by atoms with Gasteiger partial charge in [-0.05, 0) is 62.1 Å². The Morgan fingerprint density at radius 1 is 1.05 bits per heavy atom. The molecule has 5 rings (SSSR count). The molecular formula is C28H32BrN3O5S. The Bertz CT molecular complexity index is 1180. The zero-order chi connectivity index (χ0) is 26.9. The van der Waals surface area contributed by atoms with Crippen molar-refractivity contribution in [2.75, 3.05) is 30.9 Å². The molecule has 3 amide bonds. The Hall–Kier alpha value is -2.56. The van der Waals surface area contributed by atoms with Crippen LogP contribution in [0.25, 0.3) is 0 Å². The fraction of sp³-hybridized carbons (Fsp3) is 0.464. The first-order chi connectivity index (χ1) is 18.4. The highest BCUT2D eigenvalue weighted by Crippen LogP contribution is 2.67. The number of aliphatic hydroxyl groups excluding tert-OH is 1. The topological polar surface area (TPSA) is 108 Å². The van der Waals surface area contributed by atoms with Crippen LogP contribution in [0.5, 0.6) is 5.75 Å². The van der Waals surface area contributed by atoms with Crippen LogP contribution in [0.4, 0.5) is 11.4 Å². The van der Waals surface area contributed by atoms with E-state index in [1.165, 1.54) is 0 Å². The third kappa shape index (κ3) is 4.82. The van der Waals surface area contributed by atoms with Crippen LogP contribution in [0.1, 0.15) is 25.7 Å². The van der Waals surface area contributed by atoms with Gasteiger partial charge in [0.25, 0.3) is 0 Å². The number of unbranched alkanes of at least 4 members (excludes halogenated alkanes) is 2. The number of anilines is 2. The molecule has 2 bridgehead atoms. The molecule has 3 unspecified atom stereocenters. The van der Waals surface area contributed by atoms with E-state index in [1.54, 1.807) is 48.0 Å².